The van der Waals surface area contributed by atoms with Gasteiger partial charge in [0.2, 0.25) is 5.89 Å². The molecular weight excluding hydrogens is 320 g/mol. The van der Waals surface area contributed by atoms with Crippen molar-refractivity contribution in [2.75, 3.05) is 13.2 Å². The second kappa shape index (κ2) is 7.73. The zero-order chi connectivity index (χ0) is 16.8. The second-order valence-corrected chi connectivity index (χ2v) is 4.96. The third kappa shape index (κ3) is 4.42. The molecule has 24 heavy (non-hydrogen) atoms. The molecule has 3 aromatic rings. The summed E-state index contributed by atoms with van der Waals surface area (Å²) in [4.78, 5) is 5.70. The quantitative estimate of drug-likeness (QED) is 0.586. The largest absolute Gasteiger partial charge is 0.375 e. The van der Waals surface area contributed by atoms with Crippen molar-refractivity contribution in [1.29, 1.82) is 0 Å². The minimum absolute atomic E-state index is 0.119. The van der Waals surface area contributed by atoms with Crippen molar-refractivity contribution in [3.8, 4) is 5.69 Å². The molecule has 0 spiro atoms. The molecule has 3 rings (SSSR count). The van der Waals surface area contributed by atoms with Gasteiger partial charge in [-0.25, -0.2) is 8.78 Å². The van der Waals surface area contributed by atoms with Crippen LogP contribution in [0.1, 0.15) is 17.4 Å². The molecule has 2 heterocycles. The number of alkyl halides is 2. The Labute approximate surface area is 136 Å². The number of aromatic nitrogens is 5. The van der Waals surface area contributed by atoms with E-state index in [4.69, 9.17) is 9.26 Å². The van der Waals surface area contributed by atoms with Gasteiger partial charge < -0.3 is 9.26 Å². The summed E-state index contributed by atoms with van der Waals surface area (Å²) in [6, 6.07) is 9.51. The van der Waals surface area contributed by atoms with Crippen molar-refractivity contribution in [2.45, 2.75) is 19.3 Å². The lowest BCUT2D eigenvalue weighted by Gasteiger charge is -1.99. The Morgan fingerprint density at radius 1 is 1.21 bits per heavy atom. The lowest BCUT2D eigenvalue weighted by atomic mass is 10.3. The van der Waals surface area contributed by atoms with Gasteiger partial charge in [0.15, 0.2) is 5.82 Å². The summed E-state index contributed by atoms with van der Waals surface area (Å²) in [7, 11) is 0. The zero-order valence-electron chi connectivity index (χ0n) is 12.7. The average Bonchev–Trinajstić information content (AvgIpc) is 3.22. The number of hydrogen-bond acceptors (Lipinski definition) is 6. The Balaban J connectivity index is 1.54. The number of para-hydroxylation sites is 1. The lowest BCUT2D eigenvalue weighted by Crippen LogP contribution is -2.07. The molecule has 9 heteroatoms. The van der Waals surface area contributed by atoms with E-state index in [1.54, 1.807) is 6.20 Å². The fourth-order valence-electron chi connectivity index (χ4n) is 2.02. The monoisotopic (exact) mass is 335 g/mol. The summed E-state index contributed by atoms with van der Waals surface area (Å²) in [5.41, 5.74) is 1.54. The molecule has 1 aromatic carbocycles. The van der Waals surface area contributed by atoms with Gasteiger partial charge >= 0.3 is 0 Å². The first-order valence-electron chi connectivity index (χ1n) is 7.34. The molecule has 0 radical (unpaired) electrons. The van der Waals surface area contributed by atoms with Gasteiger partial charge in [-0.05, 0) is 12.1 Å². The molecule has 0 saturated carbocycles. The van der Waals surface area contributed by atoms with Crippen LogP contribution in [0.4, 0.5) is 8.78 Å². The van der Waals surface area contributed by atoms with Crippen molar-refractivity contribution in [2.24, 2.45) is 0 Å². The van der Waals surface area contributed by atoms with E-state index in [2.05, 4.69) is 20.3 Å². The third-order valence-corrected chi connectivity index (χ3v) is 3.08. The Bertz CT molecular complexity index is 760. The van der Waals surface area contributed by atoms with Crippen LogP contribution in [0.3, 0.4) is 0 Å². The summed E-state index contributed by atoms with van der Waals surface area (Å²) >= 11 is 0. The average molecular weight is 335 g/mol. The molecule has 0 aliphatic rings. The molecule has 2 aromatic heterocycles. The van der Waals surface area contributed by atoms with Crippen molar-refractivity contribution < 1.29 is 18.0 Å². The van der Waals surface area contributed by atoms with Crippen LogP contribution in [0.2, 0.25) is 0 Å². The van der Waals surface area contributed by atoms with Gasteiger partial charge in [-0.15, -0.1) is 0 Å². The van der Waals surface area contributed by atoms with Crippen LogP contribution in [0, 0.1) is 0 Å². The number of benzene rings is 1. The third-order valence-electron chi connectivity index (χ3n) is 3.08. The van der Waals surface area contributed by atoms with E-state index in [-0.39, 0.29) is 6.61 Å². The highest BCUT2D eigenvalue weighted by atomic mass is 19.3. The molecule has 0 aliphatic heterocycles. The first-order valence-corrected chi connectivity index (χ1v) is 7.34. The van der Waals surface area contributed by atoms with Crippen LogP contribution in [-0.2, 0) is 17.6 Å². The van der Waals surface area contributed by atoms with Crippen LogP contribution < -0.4 is 0 Å². The molecular formula is C15H15F2N5O2. The minimum Gasteiger partial charge on any atom is -0.375 e. The Kier molecular flexibility index (Phi) is 5.22. The van der Waals surface area contributed by atoms with Crippen LogP contribution >= 0.6 is 0 Å². The normalized spacial score (nSPS) is 11.3. The molecule has 0 N–H and O–H groups in total. The molecule has 0 bridgehead atoms. The molecule has 126 valence electrons. The van der Waals surface area contributed by atoms with E-state index < -0.39 is 13.0 Å². The van der Waals surface area contributed by atoms with Crippen molar-refractivity contribution in [1.82, 2.24) is 25.1 Å². The topological polar surface area (TPSA) is 78.9 Å². The van der Waals surface area contributed by atoms with Crippen LogP contribution in [0.15, 0.2) is 41.1 Å². The van der Waals surface area contributed by atoms with Crippen LogP contribution in [-0.4, -0.2) is 44.8 Å². The van der Waals surface area contributed by atoms with E-state index in [1.807, 2.05) is 30.3 Å². The first kappa shape index (κ1) is 16.2. The summed E-state index contributed by atoms with van der Waals surface area (Å²) in [6.45, 7) is -0.471. The second-order valence-electron chi connectivity index (χ2n) is 4.96. The first-order chi connectivity index (χ1) is 11.7. The minimum atomic E-state index is -2.47. The van der Waals surface area contributed by atoms with Gasteiger partial charge in [0.1, 0.15) is 6.61 Å². The maximum atomic E-state index is 11.9. The van der Waals surface area contributed by atoms with Crippen molar-refractivity contribution in [3.63, 3.8) is 0 Å². The predicted octanol–water partition coefficient (Wildman–Crippen LogP) is 2.07. The molecule has 0 saturated heterocycles. The summed E-state index contributed by atoms with van der Waals surface area (Å²) in [5, 5.41) is 12.3. The Hall–Kier alpha value is -2.68. The fourth-order valence-corrected chi connectivity index (χ4v) is 2.02. The van der Waals surface area contributed by atoms with E-state index in [0.717, 1.165) is 5.69 Å². The predicted molar refractivity (Wildman–Crippen MR) is 79.0 cm³/mol. The van der Waals surface area contributed by atoms with Crippen molar-refractivity contribution in [3.05, 3.63) is 53.9 Å². The fraction of sp³-hybridized carbons (Fsp3) is 0.333. The highest BCUT2D eigenvalue weighted by molar-refractivity contribution is 5.28. The molecule has 0 atom stereocenters. The van der Waals surface area contributed by atoms with Crippen molar-refractivity contribution >= 4 is 0 Å². The standard InChI is InChI=1S/C15H15F2N5O2/c16-13(17)10-23-7-6-14-19-15(24-21-14)8-11-9-18-22(20-11)12-4-2-1-3-5-12/h1-5,9,13H,6-8,10H2. The van der Waals surface area contributed by atoms with Gasteiger partial charge in [0.05, 0.1) is 30.6 Å². The lowest BCUT2D eigenvalue weighted by molar-refractivity contribution is 0.0182. The van der Waals surface area contributed by atoms with Gasteiger partial charge in [-0.3, -0.25) is 0 Å². The number of hydrogen-bond donors (Lipinski definition) is 0. The zero-order valence-corrected chi connectivity index (χ0v) is 12.7. The maximum absolute atomic E-state index is 11.9. The van der Waals surface area contributed by atoms with E-state index in [1.165, 1.54) is 4.80 Å². The molecule has 0 aliphatic carbocycles. The molecule has 0 fully saturated rings. The van der Waals surface area contributed by atoms with E-state index in [0.29, 0.717) is 30.3 Å². The van der Waals surface area contributed by atoms with Crippen LogP contribution in [0.25, 0.3) is 5.69 Å². The summed E-state index contributed by atoms with van der Waals surface area (Å²) in [5.74, 6) is 0.800. The highest BCUT2D eigenvalue weighted by Gasteiger charge is 2.11. The number of nitrogens with zero attached hydrogens (tertiary/aromatic N) is 5. The van der Waals surface area contributed by atoms with Gasteiger partial charge in [0.25, 0.3) is 6.43 Å². The SMILES string of the molecule is FC(F)COCCc1noc(Cc2cnn(-c3ccccc3)n2)n1. The van der Waals surface area contributed by atoms with E-state index >= 15 is 0 Å². The Morgan fingerprint density at radius 3 is 2.83 bits per heavy atom. The van der Waals surface area contributed by atoms with Gasteiger partial charge in [-0.2, -0.15) is 20.0 Å². The van der Waals surface area contributed by atoms with Gasteiger partial charge in [0, 0.05) is 6.42 Å². The van der Waals surface area contributed by atoms with Gasteiger partial charge in [-0.1, -0.05) is 23.4 Å². The summed E-state index contributed by atoms with van der Waals surface area (Å²) < 4.78 is 33.8. The number of ether oxygens (including phenoxy) is 1. The Morgan fingerprint density at radius 2 is 2.04 bits per heavy atom. The maximum Gasteiger partial charge on any atom is 0.261 e. The smallest absolute Gasteiger partial charge is 0.261 e. The highest BCUT2D eigenvalue weighted by Crippen LogP contribution is 2.08. The van der Waals surface area contributed by atoms with Crippen LogP contribution in [0.5, 0.6) is 0 Å². The van der Waals surface area contributed by atoms with E-state index in [9.17, 15) is 8.78 Å². The molecule has 0 amide bonds. The number of rotatable bonds is 8. The molecule has 7 nitrogen and oxygen atoms in total. The number of halogens is 2. The summed E-state index contributed by atoms with van der Waals surface area (Å²) in [6.07, 6.45) is -0.189. The molecule has 0 unspecified atom stereocenters.